The Kier molecular flexibility index (Phi) is 7.24. The van der Waals surface area contributed by atoms with Crippen LogP contribution in [0.1, 0.15) is 34.5 Å². The largest absolute Gasteiger partial charge is 0.467 e. The molecule has 32 heavy (non-hydrogen) atoms. The molecule has 0 aliphatic carbocycles. The van der Waals surface area contributed by atoms with Crippen molar-refractivity contribution in [3.63, 3.8) is 0 Å². The van der Waals surface area contributed by atoms with Crippen molar-refractivity contribution in [3.05, 3.63) is 88.8 Å². The minimum absolute atomic E-state index is 0.0429. The summed E-state index contributed by atoms with van der Waals surface area (Å²) in [6, 6.07) is 18.5. The molecule has 6 nitrogen and oxygen atoms in total. The molecule has 0 bridgehead atoms. The number of furan rings is 1. The summed E-state index contributed by atoms with van der Waals surface area (Å²) in [5.41, 5.74) is 2.14. The first kappa shape index (κ1) is 22.1. The SMILES string of the molecule is O=C(NCc1ccco1)c1ccccc1NC(=O)C1CCN(Cc2cccc(Cl)c2)CC1. The van der Waals surface area contributed by atoms with Crippen molar-refractivity contribution in [1.82, 2.24) is 10.2 Å². The van der Waals surface area contributed by atoms with Gasteiger partial charge in [0.1, 0.15) is 5.76 Å². The van der Waals surface area contributed by atoms with Crippen molar-refractivity contribution < 1.29 is 14.0 Å². The number of anilines is 1. The molecule has 3 aromatic rings. The van der Waals surface area contributed by atoms with Crippen LogP contribution in [0.3, 0.4) is 0 Å². The van der Waals surface area contributed by atoms with Gasteiger partial charge in [-0.25, -0.2) is 0 Å². The average molecular weight is 452 g/mol. The smallest absolute Gasteiger partial charge is 0.253 e. The number of rotatable bonds is 7. The van der Waals surface area contributed by atoms with Gasteiger partial charge in [-0.05, 0) is 67.9 Å². The molecule has 1 aliphatic rings. The number of carbonyl (C=O) groups excluding carboxylic acids is 2. The lowest BCUT2D eigenvalue weighted by atomic mass is 9.95. The van der Waals surface area contributed by atoms with Crippen molar-refractivity contribution in [2.45, 2.75) is 25.9 Å². The zero-order valence-corrected chi connectivity index (χ0v) is 18.5. The van der Waals surface area contributed by atoms with E-state index in [9.17, 15) is 9.59 Å². The molecule has 0 saturated carbocycles. The number of likely N-dealkylation sites (tertiary alicyclic amines) is 1. The highest BCUT2D eigenvalue weighted by molar-refractivity contribution is 6.30. The molecule has 0 radical (unpaired) electrons. The van der Waals surface area contributed by atoms with Gasteiger partial charge in [-0.15, -0.1) is 0 Å². The number of para-hydroxylation sites is 1. The molecule has 2 heterocycles. The molecule has 1 saturated heterocycles. The van der Waals surface area contributed by atoms with Gasteiger partial charge < -0.3 is 15.1 Å². The quantitative estimate of drug-likeness (QED) is 0.545. The van der Waals surface area contributed by atoms with Gasteiger partial charge in [-0.2, -0.15) is 0 Å². The number of carbonyl (C=O) groups is 2. The minimum atomic E-state index is -0.256. The number of nitrogens with zero attached hydrogens (tertiary/aromatic N) is 1. The first-order valence-electron chi connectivity index (χ1n) is 10.8. The molecular formula is C25H26ClN3O3. The second-order valence-electron chi connectivity index (χ2n) is 7.98. The van der Waals surface area contributed by atoms with Crippen molar-refractivity contribution in [2.24, 2.45) is 5.92 Å². The molecule has 2 amide bonds. The molecule has 7 heteroatoms. The summed E-state index contributed by atoms with van der Waals surface area (Å²) < 4.78 is 5.25. The van der Waals surface area contributed by atoms with Crippen molar-refractivity contribution in [2.75, 3.05) is 18.4 Å². The number of hydrogen-bond acceptors (Lipinski definition) is 4. The normalized spacial score (nSPS) is 14.8. The number of nitrogens with one attached hydrogen (secondary N) is 2. The van der Waals surface area contributed by atoms with E-state index < -0.39 is 0 Å². The van der Waals surface area contributed by atoms with E-state index in [0.29, 0.717) is 23.6 Å². The van der Waals surface area contributed by atoms with Crippen LogP contribution in [-0.2, 0) is 17.9 Å². The average Bonchev–Trinajstić information content (AvgIpc) is 3.32. The Morgan fingerprint density at radius 2 is 1.84 bits per heavy atom. The van der Waals surface area contributed by atoms with E-state index in [4.69, 9.17) is 16.0 Å². The van der Waals surface area contributed by atoms with Gasteiger partial charge in [0, 0.05) is 17.5 Å². The predicted octanol–water partition coefficient (Wildman–Crippen LogP) is 4.71. The molecule has 166 valence electrons. The number of halogens is 1. The highest BCUT2D eigenvalue weighted by Crippen LogP contribution is 2.23. The fraction of sp³-hybridized carbons (Fsp3) is 0.280. The lowest BCUT2D eigenvalue weighted by molar-refractivity contribution is -0.121. The van der Waals surface area contributed by atoms with Gasteiger partial charge in [-0.1, -0.05) is 35.9 Å². The van der Waals surface area contributed by atoms with Crippen LogP contribution in [0.25, 0.3) is 0 Å². The molecule has 2 N–H and O–H groups in total. The van der Waals surface area contributed by atoms with Crippen LogP contribution in [0.4, 0.5) is 5.69 Å². The van der Waals surface area contributed by atoms with Crippen LogP contribution in [0.15, 0.2) is 71.3 Å². The minimum Gasteiger partial charge on any atom is -0.467 e. The van der Waals surface area contributed by atoms with Crippen molar-refractivity contribution in [3.8, 4) is 0 Å². The third-order valence-corrected chi connectivity index (χ3v) is 5.92. The van der Waals surface area contributed by atoms with E-state index in [1.54, 1.807) is 36.6 Å². The Hall–Kier alpha value is -3.09. The molecule has 1 aliphatic heterocycles. The molecule has 1 aromatic heterocycles. The van der Waals surface area contributed by atoms with Gasteiger partial charge in [0.05, 0.1) is 24.1 Å². The summed E-state index contributed by atoms with van der Waals surface area (Å²) in [5, 5.41) is 6.53. The summed E-state index contributed by atoms with van der Waals surface area (Å²) in [5.74, 6) is 0.293. The molecule has 2 aromatic carbocycles. The fourth-order valence-electron chi connectivity index (χ4n) is 3.95. The zero-order chi connectivity index (χ0) is 22.3. The third kappa shape index (κ3) is 5.78. The van der Waals surface area contributed by atoms with Gasteiger partial charge in [0.15, 0.2) is 0 Å². The van der Waals surface area contributed by atoms with E-state index in [2.05, 4.69) is 21.6 Å². The van der Waals surface area contributed by atoms with Gasteiger partial charge in [0.2, 0.25) is 5.91 Å². The van der Waals surface area contributed by atoms with Crippen LogP contribution in [-0.4, -0.2) is 29.8 Å². The maximum atomic E-state index is 12.9. The summed E-state index contributed by atoms with van der Waals surface area (Å²) >= 11 is 6.08. The Bertz CT molecular complexity index is 1060. The number of hydrogen-bond donors (Lipinski definition) is 2. The lowest BCUT2D eigenvalue weighted by Gasteiger charge is -2.31. The summed E-state index contributed by atoms with van der Waals surface area (Å²) in [7, 11) is 0. The Morgan fingerprint density at radius 3 is 2.59 bits per heavy atom. The van der Waals surface area contributed by atoms with Crippen LogP contribution in [0.2, 0.25) is 5.02 Å². The highest BCUT2D eigenvalue weighted by atomic mass is 35.5. The van der Waals surface area contributed by atoms with E-state index in [1.165, 1.54) is 5.56 Å². The van der Waals surface area contributed by atoms with Gasteiger partial charge in [-0.3, -0.25) is 14.5 Å². The standard InChI is InChI=1S/C25H26ClN3O3/c26-20-6-3-5-18(15-20)17-29-12-10-19(11-13-29)24(30)28-23-9-2-1-8-22(23)25(31)27-16-21-7-4-14-32-21/h1-9,14-15,19H,10-13,16-17H2,(H,27,31)(H,28,30). The van der Waals surface area contributed by atoms with Crippen molar-refractivity contribution in [1.29, 1.82) is 0 Å². The molecule has 0 unspecified atom stereocenters. The molecular weight excluding hydrogens is 426 g/mol. The van der Waals surface area contributed by atoms with Crippen LogP contribution in [0.5, 0.6) is 0 Å². The van der Waals surface area contributed by atoms with Crippen molar-refractivity contribution >= 4 is 29.1 Å². The van der Waals surface area contributed by atoms with Crippen LogP contribution < -0.4 is 10.6 Å². The van der Waals surface area contributed by atoms with Gasteiger partial charge in [0.25, 0.3) is 5.91 Å². The number of amides is 2. The lowest BCUT2D eigenvalue weighted by Crippen LogP contribution is -2.38. The molecule has 0 spiro atoms. The summed E-state index contributed by atoms with van der Waals surface area (Å²) in [4.78, 5) is 27.9. The first-order chi connectivity index (χ1) is 15.6. The molecule has 0 atom stereocenters. The molecule has 4 rings (SSSR count). The highest BCUT2D eigenvalue weighted by Gasteiger charge is 2.26. The van der Waals surface area contributed by atoms with Gasteiger partial charge >= 0.3 is 0 Å². The monoisotopic (exact) mass is 451 g/mol. The summed E-state index contributed by atoms with van der Waals surface area (Å²) in [6.45, 7) is 2.80. The second kappa shape index (κ2) is 10.5. The number of benzene rings is 2. The first-order valence-corrected chi connectivity index (χ1v) is 11.1. The number of piperidine rings is 1. The fourth-order valence-corrected chi connectivity index (χ4v) is 4.16. The van der Waals surface area contributed by atoms with E-state index in [-0.39, 0.29) is 17.7 Å². The van der Waals surface area contributed by atoms with Crippen LogP contribution in [0, 0.1) is 5.92 Å². The maximum Gasteiger partial charge on any atom is 0.253 e. The Balaban J connectivity index is 1.31. The van der Waals surface area contributed by atoms with E-state index in [1.807, 2.05) is 24.3 Å². The van der Waals surface area contributed by atoms with Crippen LogP contribution >= 0.6 is 11.6 Å². The predicted molar refractivity (Wildman–Crippen MR) is 124 cm³/mol. The third-order valence-electron chi connectivity index (χ3n) is 5.69. The topological polar surface area (TPSA) is 74.6 Å². The second-order valence-corrected chi connectivity index (χ2v) is 8.41. The maximum absolute atomic E-state index is 12.9. The zero-order valence-electron chi connectivity index (χ0n) is 17.7. The summed E-state index contributed by atoms with van der Waals surface area (Å²) in [6.07, 6.45) is 3.12. The molecule has 1 fully saturated rings. The van der Waals surface area contributed by atoms with E-state index >= 15 is 0 Å². The Morgan fingerprint density at radius 1 is 1.03 bits per heavy atom. The van der Waals surface area contributed by atoms with E-state index in [0.717, 1.165) is 37.5 Å². The Labute approximate surface area is 192 Å².